The molecule has 28 heavy (non-hydrogen) atoms. The molecule has 0 aromatic heterocycles. The van der Waals surface area contributed by atoms with Gasteiger partial charge in [0.25, 0.3) is 0 Å². The molecule has 0 aromatic carbocycles. The highest BCUT2D eigenvalue weighted by Crippen LogP contribution is 2.31. The van der Waals surface area contributed by atoms with Gasteiger partial charge in [-0.2, -0.15) is 0 Å². The molecule has 0 radical (unpaired) electrons. The van der Waals surface area contributed by atoms with Gasteiger partial charge in [-0.15, -0.1) is 0 Å². The lowest BCUT2D eigenvalue weighted by Crippen LogP contribution is -2.42. The summed E-state index contributed by atoms with van der Waals surface area (Å²) in [6, 6.07) is 0. The molecular formula is C21H38N2O5. The second-order valence-electron chi connectivity index (χ2n) is 9.11. The van der Waals surface area contributed by atoms with Gasteiger partial charge in [0.15, 0.2) is 0 Å². The van der Waals surface area contributed by atoms with Gasteiger partial charge in [-0.05, 0) is 54.4 Å². The number of rotatable bonds is 0. The van der Waals surface area contributed by atoms with Gasteiger partial charge in [0.2, 0.25) is 0 Å². The van der Waals surface area contributed by atoms with Gasteiger partial charge in [0.1, 0.15) is 17.3 Å². The van der Waals surface area contributed by atoms with E-state index in [-0.39, 0.29) is 25.7 Å². The molecule has 0 saturated carbocycles. The molecule has 2 amide bonds. The minimum Gasteiger partial charge on any atom is -0.444 e. The number of hydrogen-bond acceptors (Lipinski definition) is 5. The second kappa shape index (κ2) is 9.63. The quantitative estimate of drug-likeness (QED) is 0.451. The molecule has 7 nitrogen and oxygen atoms in total. The Labute approximate surface area is 170 Å². The first kappa shape index (κ1) is 24.3. The number of ether oxygens (including phenoxy) is 3. The Morgan fingerprint density at radius 3 is 1.93 bits per heavy atom. The molecule has 7 heteroatoms. The van der Waals surface area contributed by atoms with Crippen LogP contribution >= 0.6 is 0 Å². The van der Waals surface area contributed by atoms with Crippen LogP contribution in [0.25, 0.3) is 0 Å². The van der Waals surface area contributed by atoms with Gasteiger partial charge < -0.3 is 24.0 Å². The average Bonchev–Trinajstić information content (AvgIpc) is 3.31. The average molecular weight is 399 g/mol. The predicted octanol–water partition coefficient (Wildman–Crippen LogP) is 4.21. The highest BCUT2D eigenvalue weighted by molar-refractivity contribution is 5.69. The SMILES string of the molecule is C.CC(C)(C)OC(=O)N1CC=CCC1.CC(C)(C)OC(=O)N1CCC2OC2C1. The van der Waals surface area contributed by atoms with Crippen LogP contribution in [0.15, 0.2) is 12.2 Å². The van der Waals surface area contributed by atoms with Crippen LogP contribution in [0.3, 0.4) is 0 Å². The van der Waals surface area contributed by atoms with Crippen molar-refractivity contribution in [3.05, 3.63) is 12.2 Å². The molecule has 162 valence electrons. The third kappa shape index (κ3) is 8.50. The summed E-state index contributed by atoms with van der Waals surface area (Å²) in [5, 5.41) is 0. The fourth-order valence-corrected chi connectivity index (χ4v) is 2.81. The highest BCUT2D eigenvalue weighted by atomic mass is 16.6. The summed E-state index contributed by atoms with van der Waals surface area (Å²) in [5.41, 5.74) is -0.795. The van der Waals surface area contributed by atoms with Gasteiger partial charge in [-0.25, -0.2) is 9.59 Å². The van der Waals surface area contributed by atoms with Crippen LogP contribution in [-0.2, 0) is 14.2 Å². The third-order valence-corrected chi connectivity index (χ3v) is 4.13. The number of nitrogens with zero attached hydrogens (tertiary/aromatic N) is 2. The molecule has 2 fully saturated rings. The van der Waals surface area contributed by atoms with Crippen LogP contribution < -0.4 is 0 Å². The number of piperidine rings is 1. The van der Waals surface area contributed by atoms with Crippen molar-refractivity contribution in [2.24, 2.45) is 0 Å². The van der Waals surface area contributed by atoms with Crippen molar-refractivity contribution < 1.29 is 23.8 Å². The van der Waals surface area contributed by atoms with Crippen molar-refractivity contribution in [1.29, 1.82) is 0 Å². The maximum Gasteiger partial charge on any atom is 0.410 e. The number of hydrogen-bond donors (Lipinski definition) is 0. The van der Waals surface area contributed by atoms with Crippen LogP contribution in [0, 0.1) is 0 Å². The molecule has 0 aliphatic carbocycles. The standard InChI is InChI=1S/C10H17NO3.C10H17NO2.CH4/c1-10(2,3)14-9(12)11-5-4-7-8(6-11)13-7;1-10(2,3)13-9(12)11-7-5-4-6-8-11;/h7-8H,4-6H2,1-3H3;4-5H,6-8H2,1-3H3;1H4. The van der Waals surface area contributed by atoms with E-state index < -0.39 is 11.2 Å². The Kier molecular flexibility index (Phi) is 8.35. The van der Waals surface area contributed by atoms with Crippen LogP contribution in [-0.4, -0.2) is 71.6 Å². The Morgan fingerprint density at radius 1 is 0.893 bits per heavy atom. The van der Waals surface area contributed by atoms with Crippen LogP contribution in [0.4, 0.5) is 9.59 Å². The number of fused-ring (bicyclic) bond motifs is 1. The number of likely N-dealkylation sites (tertiary alicyclic amines) is 1. The molecule has 2 unspecified atom stereocenters. The molecule has 0 bridgehead atoms. The van der Waals surface area contributed by atoms with E-state index in [9.17, 15) is 9.59 Å². The van der Waals surface area contributed by atoms with E-state index in [0.29, 0.717) is 19.2 Å². The van der Waals surface area contributed by atoms with Crippen LogP contribution in [0.1, 0.15) is 61.8 Å². The zero-order chi connectivity index (χ0) is 20.2. The lowest BCUT2D eigenvalue weighted by Gasteiger charge is -2.28. The van der Waals surface area contributed by atoms with Gasteiger partial charge in [0.05, 0.1) is 12.6 Å². The topological polar surface area (TPSA) is 71.6 Å². The fraction of sp³-hybridized carbons (Fsp3) is 0.810. The summed E-state index contributed by atoms with van der Waals surface area (Å²) >= 11 is 0. The largest absolute Gasteiger partial charge is 0.444 e. The molecule has 0 spiro atoms. The molecule has 3 heterocycles. The number of epoxide rings is 1. The zero-order valence-electron chi connectivity index (χ0n) is 17.5. The monoisotopic (exact) mass is 398 g/mol. The number of carbonyl (C=O) groups excluding carboxylic acids is 2. The molecule has 3 aliphatic heterocycles. The van der Waals surface area contributed by atoms with Gasteiger partial charge in [-0.3, -0.25) is 0 Å². The minimum atomic E-state index is -0.404. The molecule has 3 rings (SSSR count). The zero-order valence-corrected chi connectivity index (χ0v) is 17.5. The smallest absolute Gasteiger partial charge is 0.410 e. The summed E-state index contributed by atoms with van der Waals surface area (Å²) in [7, 11) is 0. The number of carbonyl (C=O) groups is 2. The maximum atomic E-state index is 11.6. The van der Waals surface area contributed by atoms with Crippen molar-refractivity contribution >= 4 is 12.2 Å². The Balaban J connectivity index is 0.000000271. The molecule has 3 aliphatic rings. The summed E-state index contributed by atoms with van der Waals surface area (Å²) in [4.78, 5) is 26.6. The Morgan fingerprint density at radius 2 is 1.46 bits per heavy atom. The third-order valence-electron chi connectivity index (χ3n) is 4.13. The first-order valence-electron chi connectivity index (χ1n) is 9.71. The number of amides is 2. The lowest BCUT2D eigenvalue weighted by molar-refractivity contribution is 0.0226. The van der Waals surface area contributed by atoms with Crippen molar-refractivity contribution in [3.63, 3.8) is 0 Å². The Bertz CT molecular complexity index is 562. The maximum absolute atomic E-state index is 11.6. The van der Waals surface area contributed by atoms with Gasteiger partial charge in [0, 0.05) is 19.6 Å². The van der Waals surface area contributed by atoms with Crippen molar-refractivity contribution in [2.75, 3.05) is 26.2 Å². The molecule has 0 N–H and O–H groups in total. The summed E-state index contributed by atoms with van der Waals surface area (Å²) in [6.07, 6.45) is 6.21. The second-order valence-corrected chi connectivity index (χ2v) is 9.11. The first-order valence-corrected chi connectivity index (χ1v) is 9.71. The van der Waals surface area contributed by atoms with E-state index in [4.69, 9.17) is 14.2 Å². The van der Waals surface area contributed by atoms with Crippen molar-refractivity contribution in [3.8, 4) is 0 Å². The normalized spacial score (nSPS) is 23.5. The minimum absolute atomic E-state index is 0. The molecular weight excluding hydrogens is 360 g/mol. The summed E-state index contributed by atoms with van der Waals surface area (Å²) in [5.74, 6) is 0. The van der Waals surface area contributed by atoms with E-state index in [1.807, 2.05) is 47.6 Å². The van der Waals surface area contributed by atoms with Gasteiger partial charge >= 0.3 is 12.2 Å². The lowest BCUT2D eigenvalue weighted by atomic mass is 10.1. The summed E-state index contributed by atoms with van der Waals surface area (Å²) in [6.45, 7) is 14.2. The predicted molar refractivity (Wildman–Crippen MR) is 109 cm³/mol. The highest BCUT2D eigenvalue weighted by Gasteiger charge is 2.45. The molecule has 2 atom stereocenters. The molecule has 0 aromatic rings. The first-order chi connectivity index (χ1) is 12.4. The fourth-order valence-electron chi connectivity index (χ4n) is 2.81. The summed E-state index contributed by atoms with van der Waals surface area (Å²) < 4.78 is 15.8. The van der Waals surface area contributed by atoms with Crippen LogP contribution in [0.5, 0.6) is 0 Å². The van der Waals surface area contributed by atoms with Crippen molar-refractivity contribution in [1.82, 2.24) is 9.80 Å². The van der Waals surface area contributed by atoms with E-state index in [1.54, 1.807) is 9.80 Å². The Hall–Kier alpha value is -1.76. The van der Waals surface area contributed by atoms with E-state index in [2.05, 4.69) is 6.08 Å². The van der Waals surface area contributed by atoms with E-state index in [0.717, 1.165) is 25.9 Å². The van der Waals surface area contributed by atoms with Crippen LogP contribution in [0.2, 0.25) is 0 Å². The van der Waals surface area contributed by atoms with Gasteiger partial charge in [-0.1, -0.05) is 19.6 Å². The van der Waals surface area contributed by atoms with E-state index >= 15 is 0 Å². The molecule has 2 saturated heterocycles. The van der Waals surface area contributed by atoms with E-state index in [1.165, 1.54) is 0 Å². The van der Waals surface area contributed by atoms with Crippen molar-refractivity contribution in [2.45, 2.75) is 85.2 Å².